The van der Waals surface area contributed by atoms with Crippen molar-refractivity contribution in [1.29, 1.82) is 0 Å². The van der Waals surface area contributed by atoms with Crippen molar-refractivity contribution >= 4 is 0 Å². The van der Waals surface area contributed by atoms with Gasteiger partial charge in [-0.3, -0.25) is 4.74 Å². The first-order valence-corrected chi connectivity index (χ1v) is 10.9. The normalized spacial score (nSPS) is 33.4. The maximum absolute atomic E-state index is 13.8. The van der Waals surface area contributed by atoms with Crippen molar-refractivity contribution in [1.82, 2.24) is 0 Å². The van der Waals surface area contributed by atoms with Crippen molar-refractivity contribution in [3.05, 3.63) is 10.4 Å². The zero-order chi connectivity index (χ0) is 17.4. The second kappa shape index (κ2) is 6.75. The van der Waals surface area contributed by atoms with E-state index in [1.54, 1.807) is 0 Å². The molecule has 2 saturated heterocycles. The Kier molecular flexibility index (Phi) is 4.91. The molecule has 4 aliphatic rings. The minimum atomic E-state index is -0.635. The highest BCUT2D eigenvalue weighted by atomic mass is 16.7. The first-order chi connectivity index (χ1) is 12.0. The molecular formula is C20H36N2O3. The molecule has 5 heteroatoms. The van der Waals surface area contributed by atoms with Gasteiger partial charge < -0.3 is 19.7 Å². The lowest BCUT2D eigenvalue weighted by molar-refractivity contribution is -1.00. The summed E-state index contributed by atoms with van der Waals surface area (Å²) in [6, 6.07) is 0. The molecule has 0 amide bonds. The predicted molar refractivity (Wildman–Crippen MR) is 97.9 cm³/mol. The average molecular weight is 353 g/mol. The number of hydroxylamine groups is 6. The van der Waals surface area contributed by atoms with Gasteiger partial charge in [0.2, 0.25) is 11.4 Å². The number of rotatable bonds is 4. The first kappa shape index (κ1) is 18.2. The quantitative estimate of drug-likeness (QED) is 0.551. The summed E-state index contributed by atoms with van der Waals surface area (Å²) < 4.78 is 6.66. The third-order valence-electron chi connectivity index (χ3n) is 7.71. The summed E-state index contributed by atoms with van der Waals surface area (Å²) in [7, 11) is 0. The Labute approximate surface area is 152 Å². The molecule has 0 atom stereocenters. The number of nitrogens with zero attached hydrogens (tertiary/aromatic N) is 2. The van der Waals surface area contributed by atoms with Crippen LogP contribution in [0, 0.1) is 10.4 Å². The number of hydrogen-bond acceptors (Lipinski definition) is 3. The molecular weight excluding hydrogens is 316 g/mol. The van der Waals surface area contributed by atoms with Crippen molar-refractivity contribution < 1.29 is 14.0 Å². The van der Waals surface area contributed by atoms with Gasteiger partial charge in [0.05, 0.1) is 26.2 Å². The fourth-order valence-electron chi connectivity index (χ4n) is 6.26. The molecule has 0 bridgehead atoms. The second-order valence-corrected chi connectivity index (χ2v) is 9.20. The SMILES string of the molecule is [O-][N+]1(C2(OC3([N+]4([O-])CCCC4)CCCCC3)CCCCC2)CCCC1. The van der Waals surface area contributed by atoms with Gasteiger partial charge in [0.25, 0.3) is 0 Å². The Morgan fingerprint density at radius 3 is 1.12 bits per heavy atom. The molecule has 0 N–H and O–H groups in total. The van der Waals surface area contributed by atoms with Gasteiger partial charge in [-0.1, -0.05) is 12.8 Å². The molecule has 5 nitrogen and oxygen atoms in total. The third-order valence-corrected chi connectivity index (χ3v) is 7.71. The van der Waals surface area contributed by atoms with E-state index >= 15 is 0 Å². The summed E-state index contributed by atoms with van der Waals surface area (Å²) in [5, 5.41) is 27.6. The topological polar surface area (TPSA) is 55.3 Å². The number of ether oxygens (including phenoxy) is 1. The minimum Gasteiger partial charge on any atom is -0.631 e. The van der Waals surface area contributed by atoms with Crippen LogP contribution in [0.5, 0.6) is 0 Å². The lowest BCUT2D eigenvalue weighted by atomic mass is 9.85. The molecule has 2 heterocycles. The minimum absolute atomic E-state index is 0.172. The largest absolute Gasteiger partial charge is 0.631 e. The number of hydrogen-bond donors (Lipinski definition) is 0. The van der Waals surface area contributed by atoms with Crippen LogP contribution < -0.4 is 0 Å². The Bertz CT molecular complexity index is 416. The van der Waals surface area contributed by atoms with Crippen LogP contribution in [-0.2, 0) is 4.74 Å². The van der Waals surface area contributed by atoms with Gasteiger partial charge in [-0.15, -0.1) is 0 Å². The second-order valence-electron chi connectivity index (χ2n) is 9.20. The number of quaternary nitrogens is 2. The highest BCUT2D eigenvalue weighted by Crippen LogP contribution is 2.51. The molecule has 2 aliphatic carbocycles. The van der Waals surface area contributed by atoms with Crippen LogP contribution in [0.1, 0.15) is 89.9 Å². The highest BCUT2D eigenvalue weighted by molar-refractivity contribution is 4.87. The van der Waals surface area contributed by atoms with E-state index in [4.69, 9.17) is 4.74 Å². The fourth-order valence-corrected chi connectivity index (χ4v) is 6.26. The standard InChI is InChI=1S/C20H36N2O3/c23-21(15-7-8-16-21)19(11-3-1-4-12-19)25-20(13-5-2-6-14-20)22(24)17-9-10-18-22/h1-18H2. The molecule has 2 saturated carbocycles. The zero-order valence-corrected chi connectivity index (χ0v) is 15.8. The lowest BCUT2D eigenvalue weighted by Crippen LogP contribution is -2.70. The molecule has 0 aromatic rings. The maximum Gasteiger partial charge on any atom is 0.209 e. The van der Waals surface area contributed by atoms with Crippen molar-refractivity contribution in [2.45, 2.75) is 101 Å². The smallest absolute Gasteiger partial charge is 0.209 e. The van der Waals surface area contributed by atoms with E-state index < -0.39 is 11.4 Å². The predicted octanol–water partition coefficient (Wildman–Crippen LogP) is 4.54. The molecule has 144 valence electrons. The van der Waals surface area contributed by atoms with Gasteiger partial charge in [0.1, 0.15) is 0 Å². The van der Waals surface area contributed by atoms with Gasteiger partial charge >= 0.3 is 0 Å². The molecule has 4 fully saturated rings. The van der Waals surface area contributed by atoms with Crippen LogP contribution in [0.3, 0.4) is 0 Å². The summed E-state index contributed by atoms with van der Waals surface area (Å²) in [6.07, 6.45) is 14.2. The third kappa shape index (κ3) is 2.96. The summed E-state index contributed by atoms with van der Waals surface area (Å²) in [4.78, 5) is 0. The van der Waals surface area contributed by atoms with Crippen LogP contribution in [0.4, 0.5) is 0 Å². The van der Waals surface area contributed by atoms with Gasteiger partial charge in [-0.25, -0.2) is 0 Å². The molecule has 0 aromatic heterocycles. The molecule has 0 unspecified atom stereocenters. The fraction of sp³-hybridized carbons (Fsp3) is 1.00. The van der Waals surface area contributed by atoms with Crippen LogP contribution in [0.2, 0.25) is 0 Å². The molecule has 25 heavy (non-hydrogen) atoms. The van der Waals surface area contributed by atoms with Crippen molar-refractivity contribution in [3.8, 4) is 0 Å². The van der Waals surface area contributed by atoms with Crippen molar-refractivity contribution in [2.24, 2.45) is 0 Å². The summed E-state index contributed by atoms with van der Waals surface area (Å²) in [5.74, 6) is 0. The van der Waals surface area contributed by atoms with Crippen LogP contribution in [-0.4, -0.2) is 46.9 Å². The Morgan fingerprint density at radius 2 is 0.800 bits per heavy atom. The lowest BCUT2D eigenvalue weighted by Gasteiger charge is -2.62. The molecule has 0 spiro atoms. The summed E-state index contributed by atoms with van der Waals surface area (Å²) in [6.45, 7) is 2.76. The van der Waals surface area contributed by atoms with E-state index in [0.29, 0.717) is 26.2 Å². The number of likely N-dealkylation sites (tertiary alicyclic amines) is 2. The van der Waals surface area contributed by atoms with Crippen molar-refractivity contribution in [2.75, 3.05) is 26.2 Å². The van der Waals surface area contributed by atoms with E-state index in [9.17, 15) is 10.4 Å². The van der Waals surface area contributed by atoms with E-state index in [1.165, 1.54) is 12.8 Å². The van der Waals surface area contributed by atoms with Gasteiger partial charge in [-0.2, -0.15) is 0 Å². The molecule has 2 aliphatic heterocycles. The van der Waals surface area contributed by atoms with Gasteiger partial charge in [0, 0.05) is 51.4 Å². The molecule has 4 rings (SSSR count). The van der Waals surface area contributed by atoms with Crippen LogP contribution >= 0.6 is 0 Å². The average Bonchev–Trinajstić information content (AvgIpc) is 3.27. The summed E-state index contributed by atoms with van der Waals surface area (Å²) in [5.41, 5.74) is -1.27. The zero-order valence-electron chi connectivity index (χ0n) is 15.8. The summed E-state index contributed by atoms with van der Waals surface area (Å²) >= 11 is 0. The Hall–Kier alpha value is -0.200. The van der Waals surface area contributed by atoms with Crippen molar-refractivity contribution in [3.63, 3.8) is 0 Å². The molecule has 0 radical (unpaired) electrons. The molecule has 0 aromatic carbocycles. The first-order valence-electron chi connectivity index (χ1n) is 10.9. The van der Waals surface area contributed by atoms with Crippen LogP contribution in [0.25, 0.3) is 0 Å². The monoisotopic (exact) mass is 352 g/mol. The highest BCUT2D eigenvalue weighted by Gasteiger charge is 2.59. The van der Waals surface area contributed by atoms with Gasteiger partial charge in [0.15, 0.2) is 0 Å². The maximum atomic E-state index is 13.8. The Balaban J connectivity index is 1.68. The van der Waals surface area contributed by atoms with Gasteiger partial charge in [-0.05, 0) is 25.7 Å². The van der Waals surface area contributed by atoms with E-state index in [0.717, 1.165) is 77.0 Å². The van der Waals surface area contributed by atoms with Crippen LogP contribution in [0.15, 0.2) is 0 Å². The Morgan fingerprint density at radius 1 is 0.480 bits per heavy atom. The van der Waals surface area contributed by atoms with E-state index in [1.807, 2.05) is 0 Å². The van der Waals surface area contributed by atoms with E-state index in [-0.39, 0.29) is 9.29 Å². The van der Waals surface area contributed by atoms with E-state index in [2.05, 4.69) is 0 Å².